The minimum atomic E-state index is -0.906. The van der Waals surface area contributed by atoms with Crippen LogP contribution >= 0.6 is 0 Å². The normalized spacial score (nSPS) is 17.9. The lowest BCUT2D eigenvalue weighted by molar-refractivity contribution is -0.121. The van der Waals surface area contributed by atoms with Gasteiger partial charge in [0.15, 0.2) is 0 Å². The number of amides is 1. The zero-order chi connectivity index (χ0) is 26.6. The van der Waals surface area contributed by atoms with Crippen LogP contribution < -0.4 is 10.6 Å². The first-order chi connectivity index (χ1) is 17.6. The molecule has 37 heavy (non-hydrogen) atoms. The molecule has 4 rings (SSSR count). The number of nitrogens with zero attached hydrogens (tertiary/aromatic N) is 1. The number of hydrogen-bond acceptors (Lipinski definition) is 7. The maximum atomic E-state index is 12.8. The van der Waals surface area contributed by atoms with Gasteiger partial charge in [-0.25, -0.2) is 4.98 Å². The Morgan fingerprint density at radius 1 is 1.11 bits per heavy atom. The van der Waals surface area contributed by atoms with Gasteiger partial charge < -0.3 is 31.1 Å². The van der Waals surface area contributed by atoms with E-state index in [0.29, 0.717) is 18.5 Å². The molecule has 0 spiro atoms. The number of aromatic nitrogens is 1. The molecule has 0 aliphatic heterocycles. The standard InChI is InChI=1S/C29H35N3O5/c1-29(2,30-16-26(36)22-10-11-24(34)23(17-33)31-22)15-19-7-5-6-18(12-19)13-27(37)32-28-21-9-4-3-8-20(21)14-25(28)35/h3-12,25-26,28,30,33-36H,13-17H2,1-2H3,(H,32,37). The molecule has 2 aromatic carbocycles. The van der Waals surface area contributed by atoms with Gasteiger partial charge in [0, 0.05) is 18.5 Å². The summed E-state index contributed by atoms with van der Waals surface area (Å²) in [7, 11) is 0. The van der Waals surface area contributed by atoms with E-state index in [-0.39, 0.29) is 35.9 Å². The topological polar surface area (TPSA) is 135 Å². The Bertz CT molecular complexity index is 1250. The van der Waals surface area contributed by atoms with Gasteiger partial charge >= 0.3 is 0 Å². The molecular formula is C29H35N3O5. The van der Waals surface area contributed by atoms with E-state index in [1.807, 2.05) is 62.4 Å². The van der Waals surface area contributed by atoms with Crippen molar-refractivity contribution in [3.63, 3.8) is 0 Å². The van der Waals surface area contributed by atoms with Crippen molar-refractivity contribution < 1.29 is 25.2 Å². The number of benzene rings is 2. The SMILES string of the molecule is CC(C)(Cc1cccc(CC(=O)NC2c3ccccc3CC2O)c1)NCC(O)c1ccc(O)c(CO)n1. The molecular weight excluding hydrogens is 470 g/mol. The van der Waals surface area contributed by atoms with Crippen molar-refractivity contribution in [1.82, 2.24) is 15.6 Å². The van der Waals surface area contributed by atoms with Gasteiger partial charge in [-0.2, -0.15) is 0 Å². The average molecular weight is 506 g/mol. The minimum absolute atomic E-state index is 0.107. The molecule has 3 aromatic rings. The molecule has 8 nitrogen and oxygen atoms in total. The van der Waals surface area contributed by atoms with E-state index in [4.69, 9.17) is 0 Å². The Kier molecular flexibility index (Phi) is 8.24. The Labute approximate surface area is 217 Å². The second kappa shape index (κ2) is 11.4. The van der Waals surface area contributed by atoms with Crippen molar-refractivity contribution in [2.75, 3.05) is 6.54 Å². The van der Waals surface area contributed by atoms with E-state index < -0.39 is 24.9 Å². The molecule has 8 heteroatoms. The molecule has 1 aliphatic rings. The van der Waals surface area contributed by atoms with Gasteiger partial charge in [-0.3, -0.25) is 4.79 Å². The van der Waals surface area contributed by atoms with Gasteiger partial charge in [-0.05, 0) is 54.7 Å². The summed E-state index contributed by atoms with van der Waals surface area (Å²) in [5.74, 6) is -0.244. The Hall–Kier alpha value is -3.30. The molecule has 0 saturated heterocycles. The quantitative estimate of drug-likeness (QED) is 0.249. The number of carbonyl (C=O) groups excluding carboxylic acids is 1. The van der Waals surface area contributed by atoms with Crippen LogP contribution in [-0.4, -0.2) is 49.5 Å². The van der Waals surface area contributed by atoms with Crippen molar-refractivity contribution in [3.05, 3.63) is 94.3 Å². The summed E-state index contributed by atoms with van der Waals surface area (Å²) in [6, 6.07) is 18.2. The lowest BCUT2D eigenvalue weighted by Gasteiger charge is -2.28. The fourth-order valence-corrected chi connectivity index (χ4v) is 4.87. The van der Waals surface area contributed by atoms with Crippen molar-refractivity contribution in [3.8, 4) is 5.75 Å². The predicted molar refractivity (Wildman–Crippen MR) is 140 cm³/mol. The van der Waals surface area contributed by atoms with E-state index >= 15 is 0 Å². The molecule has 196 valence electrons. The Morgan fingerprint density at radius 2 is 1.86 bits per heavy atom. The van der Waals surface area contributed by atoms with Crippen LogP contribution in [0.5, 0.6) is 5.75 Å². The third-order valence-corrected chi connectivity index (χ3v) is 6.76. The monoisotopic (exact) mass is 505 g/mol. The van der Waals surface area contributed by atoms with Gasteiger partial charge in [0.2, 0.25) is 5.91 Å². The molecule has 1 aromatic heterocycles. The van der Waals surface area contributed by atoms with Gasteiger partial charge in [0.25, 0.3) is 0 Å². The van der Waals surface area contributed by atoms with Gasteiger partial charge in [-0.15, -0.1) is 0 Å². The number of β-amino-alcohol motifs (C(OH)–C–C–N with tert-alkyl or cyclic N) is 1. The number of aromatic hydroxyl groups is 1. The first-order valence-electron chi connectivity index (χ1n) is 12.5. The third-order valence-electron chi connectivity index (χ3n) is 6.76. The van der Waals surface area contributed by atoms with Gasteiger partial charge in [-0.1, -0.05) is 48.5 Å². The second-order valence-electron chi connectivity index (χ2n) is 10.3. The van der Waals surface area contributed by atoms with Crippen LogP contribution in [-0.2, 0) is 30.7 Å². The van der Waals surface area contributed by atoms with Gasteiger partial charge in [0.05, 0.1) is 30.9 Å². The Morgan fingerprint density at radius 3 is 2.65 bits per heavy atom. The molecule has 0 bridgehead atoms. The fraction of sp³-hybridized carbons (Fsp3) is 0.379. The number of hydrogen-bond donors (Lipinski definition) is 6. The number of pyridine rings is 1. The largest absolute Gasteiger partial charge is 0.506 e. The zero-order valence-electron chi connectivity index (χ0n) is 21.2. The highest BCUT2D eigenvalue weighted by Crippen LogP contribution is 2.31. The summed E-state index contributed by atoms with van der Waals surface area (Å²) in [6.07, 6.45) is -0.114. The molecule has 1 aliphatic carbocycles. The predicted octanol–water partition coefficient (Wildman–Crippen LogP) is 2.24. The van der Waals surface area contributed by atoms with E-state index in [0.717, 1.165) is 22.3 Å². The van der Waals surface area contributed by atoms with Crippen molar-refractivity contribution >= 4 is 5.91 Å². The van der Waals surface area contributed by atoms with E-state index in [9.17, 15) is 25.2 Å². The number of fused-ring (bicyclic) bond motifs is 1. The van der Waals surface area contributed by atoms with Crippen LogP contribution in [0.1, 0.15) is 59.6 Å². The second-order valence-corrected chi connectivity index (χ2v) is 10.3. The lowest BCUT2D eigenvalue weighted by Crippen LogP contribution is -2.43. The first-order valence-corrected chi connectivity index (χ1v) is 12.5. The van der Waals surface area contributed by atoms with Crippen molar-refractivity contribution in [2.24, 2.45) is 0 Å². The molecule has 1 heterocycles. The van der Waals surface area contributed by atoms with Crippen LogP contribution in [0.3, 0.4) is 0 Å². The van der Waals surface area contributed by atoms with Crippen molar-refractivity contribution in [1.29, 1.82) is 0 Å². The smallest absolute Gasteiger partial charge is 0.224 e. The van der Waals surface area contributed by atoms with Crippen molar-refractivity contribution in [2.45, 2.75) is 63.5 Å². The summed E-state index contributed by atoms with van der Waals surface area (Å²) in [5.41, 5.74) is 4.11. The minimum Gasteiger partial charge on any atom is -0.506 e. The number of rotatable bonds is 10. The summed E-state index contributed by atoms with van der Waals surface area (Å²) < 4.78 is 0. The highest BCUT2D eigenvalue weighted by atomic mass is 16.3. The van der Waals surface area contributed by atoms with Crippen LogP contribution in [0.4, 0.5) is 0 Å². The molecule has 1 amide bonds. The molecule has 3 atom stereocenters. The maximum absolute atomic E-state index is 12.8. The zero-order valence-corrected chi connectivity index (χ0v) is 21.2. The van der Waals surface area contributed by atoms with E-state index in [2.05, 4.69) is 15.6 Å². The summed E-state index contributed by atoms with van der Waals surface area (Å²) in [4.78, 5) is 16.9. The van der Waals surface area contributed by atoms with Crippen LogP contribution in [0.15, 0.2) is 60.7 Å². The summed E-state index contributed by atoms with van der Waals surface area (Å²) >= 11 is 0. The number of aliphatic hydroxyl groups excluding tert-OH is 3. The maximum Gasteiger partial charge on any atom is 0.224 e. The average Bonchev–Trinajstić information content (AvgIpc) is 3.17. The highest BCUT2D eigenvalue weighted by Gasteiger charge is 2.31. The molecule has 0 saturated carbocycles. The molecule has 0 radical (unpaired) electrons. The molecule has 6 N–H and O–H groups in total. The molecule has 0 fully saturated rings. The van der Waals surface area contributed by atoms with Gasteiger partial charge in [0.1, 0.15) is 17.5 Å². The van der Waals surface area contributed by atoms with Crippen LogP contribution in [0.25, 0.3) is 0 Å². The van der Waals surface area contributed by atoms with E-state index in [1.165, 1.54) is 12.1 Å². The number of nitrogens with one attached hydrogen (secondary N) is 2. The third kappa shape index (κ3) is 6.72. The van der Waals surface area contributed by atoms with Crippen LogP contribution in [0.2, 0.25) is 0 Å². The number of carbonyl (C=O) groups is 1. The first kappa shape index (κ1) is 26.8. The molecule has 3 unspecified atom stereocenters. The fourth-order valence-electron chi connectivity index (χ4n) is 4.87. The summed E-state index contributed by atoms with van der Waals surface area (Å²) in [5, 5.41) is 46.3. The van der Waals surface area contributed by atoms with E-state index in [1.54, 1.807) is 0 Å². The summed E-state index contributed by atoms with van der Waals surface area (Å²) in [6.45, 7) is 3.89. The lowest BCUT2D eigenvalue weighted by atomic mass is 9.93. The highest BCUT2D eigenvalue weighted by molar-refractivity contribution is 5.79. The Balaban J connectivity index is 1.33. The number of aliphatic hydroxyl groups is 3. The van der Waals surface area contributed by atoms with Crippen LogP contribution in [0, 0.1) is 0 Å².